The molecule has 0 bridgehead atoms. The number of carbonyl (C=O) groups excluding carboxylic acids is 1. The average Bonchev–Trinajstić information content (AvgIpc) is 3.51. The van der Waals surface area contributed by atoms with Crippen LogP contribution in [0.4, 0.5) is 4.39 Å². The van der Waals surface area contributed by atoms with Gasteiger partial charge in [0.25, 0.3) is 0 Å². The summed E-state index contributed by atoms with van der Waals surface area (Å²) in [4.78, 5) is 15.2. The first-order chi connectivity index (χ1) is 16.3. The van der Waals surface area contributed by atoms with Gasteiger partial charge < -0.3 is 9.47 Å². The van der Waals surface area contributed by atoms with E-state index in [2.05, 4.69) is 64.7 Å². The van der Waals surface area contributed by atoms with Gasteiger partial charge >= 0.3 is 0 Å². The largest absolute Gasteiger partial charge is 0.345 e. The summed E-state index contributed by atoms with van der Waals surface area (Å²) in [5, 5.41) is 8.16. The Bertz CT molecular complexity index is 1300. The van der Waals surface area contributed by atoms with Gasteiger partial charge in [0, 0.05) is 53.4 Å². The van der Waals surface area contributed by atoms with Gasteiger partial charge in [-0.1, -0.05) is 18.2 Å². The number of H-pyrrole nitrogens is 1. The summed E-state index contributed by atoms with van der Waals surface area (Å²) in [5.41, 5.74) is 5.52. The van der Waals surface area contributed by atoms with E-state index in [1.807, 2.05) is 12.4 Å². The second-order valence-electron chi connectivity index (χ2n) is 10.2. The summed E-state index contributed by atoms with van der Waals surface area (Å²) in [5.74, 6) is 0.326. The van der Waals surface area contributed by atoms with E-state index in [1.54, 1.807) is 12.1 Å². The number of fused-ring (bicyclic) bond motifs is 1. The summed E-state index contributed by atoms with van der Waals surface area (Å²) < 4.78 is 15.6. The van der Waals surface area contributed by atoms with Gasteiger partial charge in [-0.15, -0.1) is 0 Å². The number of nitrogens with zero attached hydrogens (tertiary/aromatic N) is 3. The highest BCUT2D eigenvalue weighted by Crippen LogP contribution is 2.36. The van der Waals surface area contributed by atoms with Gasteiger partial charge in [0.1, 0.15) is 5.82 Å². The molecule has 5 rings (SSSR count). The predicted molar refractivity (Wildman–Crippen MR) is 133 cm³/mol. The Balaban J connectivity index is 1.29. The number of nitrogens with one attached hydrogen (secondary N) is 1. The van der Waals surface area contributed by atoms with Gasteiger partial charge in [0.15, 0.2) is 0 Å². The van der Waals surface area contributed by atoms with Crippen molar-refractivity contribution in [2.45, 2.75) is 52.1 Å². The molecular weight excluding hydrogens is 427 g/mol. The molecule has 0 saturated carbocycles. The van der Waals surface area contributed by atoms with Crippen molar-refractivity contribution < 1.29 is 9.18 Å². The lowest BCUT2D eigenvalue weighted by Crippen LogP contribution is -2.42. The third-order valence-corrected chi connectivity index (χ3v) is 7.18. The van der Waals surface area contributed by atoms with Crippen molar-refractivity contribution in [1.82, 2.24) is 19.7 Å². The molecule has 4 aromatic rings. The number of aromatic amines is 1. The maximum Gasteiger partial charge on any atom is 0.223 e. The quantitative estimate of drug-likeness (QED) is 0.401. The smallest absolute Gasteiger partial charge is 0.223 e. The number of benzene rings is 2. The number of amides is 1. The van der Waals surface area contributed by atoms with Crippen molar-refractivity contribution in [3.63, 3.8) is 0 Å². The number of hydrogen-bond donors (Lipinski definition) is 1. The number of rotatable bonds is 6. The highest BCUT2D eigenvalue weighted by atomic mass is 19.1. The van der Waals surface area contributed by atoms with Crippen molar-refractivity contribution in [3.05, 3.63) is 78.0 Å². The van der Waals surface area contributed by atoms with Crippen LogP contribution in [0.3, 0.4) is 0 Å². The highest BCUT2D eigenvalue weighted by Gasteiger charge is 2.40. The van der Waals surface area contributed by atoms with Crippen LogP contribution in [0, 0.1) is 18.7 Å². The number of hydrogen-bond acceptors (Lipinski definition) is 2. The summed E-state index contributed by atoms with van der Waals surface area (Å²) in [7, 11) is 0. The molecule has 1 aliphatic heterocycles. The monoisotopic (exact) mass is 458 g/mol. The molecule has 1 amide bonds. The average molecular weight is 459 g/mol. The van der Waals surface area contributed by atoms with E-state index in [-0.39, 0.29) is 17.3 Å². The Labute approximate surface area is 199 Å². The standard InChI is InChI=1S/C28H31FN4O/c1-19-12-23-13-22(24-15-30-31-16-24)7-10-26(23)32(19)17-21-14-28(2,3)33(18-21)27(34)11-6-20-4-8-25(29)9-5-20/h4-5,7-10,12-13,15-16,21H,6,11,14,17-18H2,1-3H3,(H,30,31). The van der Waals surface area contributed by atoms with Crippen molar-refractivity contribution >= 4 is 16.8 Å². The summed E-state index contributed by atoms with van der Waals surface area (Å²) >= 11 is 0. The molecule has 3 heterocycles. The van der Waals surface area contributed by atoms with E-state index in [9.17, 15) is 9.18 Å². The fraction of sp³-hybridized carbons (Fsp3) is 0.357. The maximum absolute atomic E-state index is 13.2. The molecular formula is C28H31FN4O. The first-order valence-electron chi connectivity index (χ1n) is 11.9. The normalized spacial score (nSPS) is 17.5. The zero-order chi connectivity index (χ0) is 23.9. The van der Waals surface area contributed by atoms with Crippen LogP contribution in [-0.4, -0.2) is 37.7 Å². The Morgan fingerprint density at radius 3 is 2.68 bits per heavy atom. The van der Waals surface area contributed by atoms with Gasteiger partial charge in [-0.05, 0) is 81.0 Å². The van der Waals surface area contributed by atoms with Crippen LogP contribution in [0.1, 0.15) is 37.9 Å². The maximum atomic E-state index is 13.2. The Hall–Kier alpha value is -3.41. The van der Waals surface area contributed by atoms with E-state index >= 15 is 0 Å². The lowest BCUT2D eigenvalue weighted by atomic mass is 9.96. The lowest BCUT2D eigenvalue weighted by molar-refractivity contribution is -0.134. The molecule has 2 aromatic heterocycles. The molecule has 1 N–H and O–H groups in total. The topological polar surface area (TPSA) is 53.9 Å². The number of aryl methyl sites for hydroxylation is 2. The van der Waals surface area contributed by atoms with Crippen molar-refractivity contribution in [3.8, 4) is 11.1 Å². The van der Waals surface area contributed by atoms with Gasteiger partial charge in [0.2, 0.25) is 5.91 Å². The van der Waals surface area contributed by atoms with E-state index in [0.29, 0.717) is 18.8 Å². The molecule has 2 aromatic carbocycles. The molecule has 0 aliphatic carbocycles. The molecule has 34 heavy (non-hydrogen) atoms. The number of halogens is 1. The minimum absolute atomic E-state index is 0.171. The molecule has 6 heteroatoms. The second kappa shape index (κ2) is 8.75. The summed E-state index contributed by atoms with van der Waals surface area (Å²) in [6, 6.07) is 15.2. The molecule has 1 fully saturated rings. The molecule has 0 radical (unpaired) electrons. The van der Waals surface area contributed by atoms with E-state index < -0.39 is 0 Å². The fourth-order valence-electron chi connectivity index (χ4n) is 5.48. The molecule has 176 valence electrons. The number of aromatic nitrogens is 3. The minimum Gasteiger partial charge on any atom is -0.345 e. The van der Waals surface area contributed by atoms with Gasteiger partial charge in [-0.25, -0.2) is 4.39 Å². The third-order valence-electron chi connectivity index (χ3n) is 7.18. The Morgan fingerprint density at radius 2 is 1.94 bits per heavy atom. The zero-order valence-corrected chi connectivity index (χ0v) is 20.0. The van der Waals surface area contributed by atoms with E-state index in [0.717, 1.165) is 36.2 Å². The summed E-state index contributed by atoms with van der Waals surface area (Å²) in [6.45, 7) is 8.15. The third kappa shape index (κ3) is 4.37. The SMILES string of the molecule is Cc1cc2cc(-c3cn[nH]c3)ccc2n1CC1CN(C(=O)CCc2ccc(F)cc2)C(C)(C)C1. The first-order valence-corrected chi connectivity index (χ1v) is 11.9. The van der Waals surface area contributed by atoms with Gasteiger partial charge in [0.05, 0.1) is 6.20 Å². The first kappa shape index (κ1) is 22.4. The van der Waals surface area contributed by atoms with Crippen LogP contribution < -0.4 is 0 Å². The predicted octanol–water partition coefficient (Wildman–Crippen LogP) is 5.74. The van der Waals surface area contributed by atoms with Crippen LogP contribution in [0.2, 0.25) is 0 Å². The molecule has 0 spiro atoms. The van der Waals surface area contributed by atoms with Crippen LogP contribution in [0.5, 0.6) is 0 Å². The van der Waals surface area contributed by atoms with Gasteiger partial charge in [-0.3, -0.25) is 9.89 Å². The molecule has 1 unspecified atom stereocenters. The van der Waals surface area contributed by atoms with Gasteiger partial charge in [-0.2, -0.15) is 5.10 Å². The molecule has 1 atom stereocenters. The van der Waals surface area contributed by atoms with Crippen molar-refractivity contribution in [1.29, 1.82) is 0 Å². The number of carbonyl (C=O) groups is 1. The molecule has 5 nitrogen and oxygen atoms in total. The summed E-state index contributed by atoms with van der Waals surface area (Å²) in [6.07, 6.45) is 5.81. The van der Waals surface area contributed by atoms with Crippen LogP contribution >= 0.6 is 0 Å². The lowest BCUT2D eigenvalue weighted by Gasteiger charge is -2.31. The fourth-order valence-corrected chi connectivity index (χ4v) is 5.48. The minimum atomic E-state index is -0.246. The van der Waals surface area contributed by atoms with Crippen LogP contribution in [0.25, 0.3) is 22.0 Å². The molecule has 1 saturated heterocycles. The number of likely N-dealkylation sites (tertiary alicyclic amines) is 1. The van der Waals surface area contributed by atoms with Crippen LogP contribution in [-0.2, 0) is 17.8 Å². The molecule has 1 aliphatic rings. The Kier molecular flexibility index (Phi) is 5.76. The van der Waals surface area contributed by atoms with Crippen molar-refractivity contribution in [2.24, 2.45) is 5.92 Å². The Morgan fingerprint density at radius 1 is 1.15 bits per heavy atom. The second-order valence-corrected chi connectivity index (χ2v) is 10.2. The van der Waals surface area contributed by atoms with Crippen molar-refractivity contribution in [2.75, 3.05) is 6.54 Å². The van der Waals surface area contributed by atoms with E-state index in [4.69, 9.17) is 0 Å². The zero-order valence-electron chi connectivity index (χ0n) is 20.0. The van der Waals surface area contributed by atoms with Crippen LogP contribution in [0.15, 0.2) is 60.9 Å². The van der Waals surface area contributed by atoms with E-state index in [1.165, 1.54) is 28.7 Å². The highest BCUT2D eigenvalue weighted by molar-refractivity contribution is 5.86.